The van der Waals surface area contributed by atoms with E-state index in [0.717, 1.165) is 21.9 Å². The van der Waals surface area contributed by atoms with Crippen molar-refractivity contribution >= 4 is 38.5 Å². The normalized spacial score (nSPS) is 11.6. The van der Waals surface area contributed by atoms with Gasteiger partial charge in [0.15, 0.2) is 5.69 Å². The zero-order valence-corrected chi connectivity index (χ0v) is 9.77. The van der Waals surface area contributed by atoms with Gasteiger partial charge < -0.3 is 14.5 Å². The Bertz CT molecular complexity index is 949. The smallest absolute Gasteiger partial charge is 0.218 e. The van der Waals surface area contributed by atoms with Crippen LogP contribution in [0.1, 0.15) is 0 Å². The van der Waals surface area contributed by atoms with Gasteiger partial charge in [-0.15, -0.1) is 0 Å². The number of hydrogen-bond acceptors (Lipinski definition) is 4. The maximum Gasteiger partial charge on any atom is 0.218 e. The number of aromatic amines is 1. The number of benzene rings is 2. The van der Waals surface area contributed by atoms with E-state index in [1.54, 1.807) is 0 Å². The average molecular weight is 251 g/mol. The van der Waals surface area contributed by atoms with Crippen LogP contribution in [0.15, 0.2) is 45.9 Å². The largest absolute Gasteiger partial charge is 0.493 e. The van der Waals surface area contributed by atoms with Crippen LogP contribution in [0.25, 0.3) is 32.8 Å². The van der Waals surface area contributed by atoms with E-state index >= 15 is 0 Å². The molecule has 19 heavy (non-hydrogen) atoms. The summed E-state index contributed by atoms with van der Waals surface area (Å²) in [5, 5.41) is 15.7. The lowest BCUT2D eigenvalue weighted by Crippen LogP contribution is -1.69. The topological polar surface area (TPSA) is 85.4 Å². The van der Waals surface area contributed by atoms with Crippen LogP contribution < -0.4 is 0 Å². The molecular formula is C14H9N3O2. The van der Waals surface area contributed by atoms with Crippen molar-refractivity contribution < 1.29 is 9.52 Å². The third kappa shape index (κ3) is 1.24. The zero-order valence-electron chi connectivity index (χ0n) is 9.77. The first-order valence-corrected chi connectivity index (χ1v) is 5.81. The molecule has 0 fully saturated rings. The molecule has 92 valence electrons. The first-order chi connectivity index (χ1) is 9.28. The molecule has 4 aromatic rings. The summed E-state index contributed by atoms with van der Waals surface area (Å²) in [5.41, 5.74) is 9.65. The minimum atomic E-state index is -0.0954. The molecule has 0 amide bonds. The molecule has 2 heterocycles. The van der Waals surface area contributed by atoms with Crippen molar-refractivity contribution in [3.8, 4) is 5.88 Å². The van der Waals surface area contributed by atoms with E-state index < -0.39 is 0 Å². The molecule has 0 aliphatic heterocycles. The highest BCUT2D eigenvalue weighted by Crippen LogP contribution is 2.39. The van der Waals surface area contributed by atoms with Crippen molar-refractivity contribution in [3.63, 3.8) is 0 Å². The Labute approximate surface area is 107 Å². The summed E-state index contributed by atoms with van der Waals surface area (Å²) in [6.07, 6.45) is 0. The van der Waals surface area contributed by atoms with E-state index in [0.29, 0.717) is 10.9 Å². The third-order valence-corrected chi connectivity index (χ3v) is 3.36. The lowest BCUT2D eigenvalue weighted by atomic mass is 10.1. The highest BCUT2D eigenvalue weighted by atomic mass is 16.3. The molecule has 2 aromatic heterocycles. The fourth-order valence-corrected chi connectivity index (χ4v) is 2.50. The van der Waals surface area contributed by atoms with E-state index in [-0.39, 0.29) is 11.6 Å². The number of para-hydroxylation sites is 1. The van der Waals surface area contributed by atoms with Crippen molar-refractivity contribution in [2.24, 2.45) is 5.11 Å². The number of H-pyrrole nitrogens is 1. The number of fused-ring (bicyclic) bond motifs is 4. The highest BCUT2D eigenvalue weighted by Gasteiger charge is 2.14. The maximum atomic E-state index is 9.69. The Morgan fingerprint density at radius 2 is 1.89 bits per heavy atom. The van der Waals surface area contributed by atoms with E-state index in [1.165, 1.54) is 0 Å². The maximum absolute atomic E-state index is 9.69. The van der Waals surface area contributed by atoms with Crippen LogP contribution in [-0.4, -0.2) is 10.1 Å². The summed E-state index contributed by atoms with van der Waals surface area (Å²) in [6.45, 7) is 0. The van der Waals surface area contributed by atoms with Crippen molar-refractivity contribution in [2.45, 2.75) is 0 Å². The van der Waals surface area contributed by atoms with Crippen LogP contribution in [0.5, 0.6) is 5.88 Å². The van der Waals surface area contributed by atoms with Gasteiger partial charge in [0.2, 0.25) is 5.88 Å². The van der Waals surface area contributed by atoms with Gasteiger partial charge in [-0.2, -0.15) is 5.11 Å². The number of nitrogens with zero attached hydrogens (tertiary/aromatic N) is 1. The van der Waals surface area contributed by atoms with Crippen molar-refractivity contribution in [1.29, 1.82) is 5.53 Å². The molecule has 0 saturated carbocycles. The van der Waals surface area contributed by atoms with Crippen LogP contribution in [0.3, 0.4) is 0 Å². The third-order valence-electron chi connectivity index (χ3n) is 3.36. The molecule has 0 bridgehead atoms. The number of aromatic hydroxyl groups is 1. The Morgan fingerprint density at radius 1 is 1.05 bits per heavy atom. The molecule has 0 aliphatic carbocycles. The predicted molar refractivity (Wildman–Crippen MR) is 72.0 cm³/mol. The van der Waals surface area contributed by atoms with Crippen molar-refractivity contribution in [2.75, 3.05) is 0 Å². The van der Waals surface area contributed by atoms with E-state index in [1.807, 2.05) is 36.4 Å². The molecule has 0 aliphatic rings. The van der Waals surface area contributed by atoms with Crippen molar-refractivity contribution in [1.82, 2.24) is 4.98 Å². The lowest BCUT2D eigenvalue weighted by Gasteiger charge is -1.92. The average Bonchev–Trinajstić information content (AvgIpc) is 2.92. The van der Waals surface area contributed by atoms with Gasteiger partial charge in [0.05, 0.1) is 5.52 Å². The first-order valence-electron chi connectivity index (χ1n) is 5.81. The van der Waals surface area contributed by atoms with Crippen LogP contribution >= 0.6 is 0 Å². The van der Waals surface area contributed by atoms with Gasteiger partial charge >= 0.3 is 0 Å². The van der Waals surface area contributed by atoms with Gasteiger partial charge in [0.1, 0.15) is 11.2 Å². The Hall–Kier alpha value is -2.82. The molecule has 0 unspecified atom stereocenters. The number of rotatable bonds is 1. The van der Waals surface area contributed by atoms with Gasteiger partial charge in [-0.3, -0.25) is 0 Å². The molecule has 0 spiro atoms. The SMILES string of the molecule is N=Nc1c(O)[nH]c2cc3oc4ccccc4c3cc12. The number of furan rings is 1. The zero-order chi connectivity index (χ0) is 13.0. The fourth-order valence-electron chi connectivity index (χ4n) is 2.50. The summed E-state index contributed by atoms with van der Waals surface area (Å²) >= 11 is 0. The van der Waals surface area contributed by atoms with Crippen LogP contribution in [0, 0.1) is 5.53 Å². The van der Waals surface area contributed by atoms with Gasteiger partial charge in [0, 0.05) is 22.2 Å². The van der Waals surface area contributed by atoms with E-state index in [2.05, 4.69) is 10.1 Å². The second-order valence-electron chi connectivity index (χ2n) is 4.43. The standard InChI is InChI=1S/C14H9N3O2/c15-17-13-9-5-8-7-3-1-2-4-11(7)19-12(8)6-10(9)16-14(13)18/h1-6,15-16,18H. The monoisotopic (exact) mass is 251 g/mol. The fraction of sp³-hybridized carbons (Fsp3) is 0. The van der Waals surface area contributed by atoms with Crippen LogP contribution in [0.4, 0.5) is 5.69 Å². The molecule has 5 nitrogen and oxygen atoms in total. The molecule has 0 radical (unpaired) electrons. The Balaban J connectivity index is 2.24. The summed E-state index contributed by atoms with van der Waals surface area (Å²) in [6, 6.07) is 11.5. The number of nitrogens with one attached hydrogen (secondary N) is 2. The number of hydrogen-bond donors (Lipinski definition) is 3. The molecule has 3 N–H and O–H groups in total. The van der Waals surface area contributed by atoms with Gasteiger partial charge in [-0.05, 0) is 12.1 Å². The van der Waals surface area contributed by atoms with Gasteiger partial charge in [-0.25, -0.2) is 5.53 Å². The molecule has 5 heteroatoms. The summed E-state index contributed by atoms with van der Waals surface area (Å²) < 4.78 is 5.76. The van der Waals surface area contributed by atoms with E-state index in [4.69, 9.17) is 9.95 Å². The molecule has 0 atom stereocenters. The molecule has 0 saturated heterocycles. The minimum absolute atomic E-state index is 0.0954. The lowest BCUT2D eigenvalue weighted by molar-refractivity contribution is 0.459. The van der Waals surface area contributed by atoms with Crippen molar-refractivity contribution in [3.05, 3.63) is 36.4 Å². The van der Waals surface area contributed by atoms with Gasteiger partial charge in [-0.1, -0.05) is 18.2 Å². The second kappa shape index (κ2) is 3.35. The van der Waals surface area contributed by atoms with Crippen LogP contribution in [-0.2, 0) is 0 Å². The molecule has 4 rings (SSSR count). The second-order valence-corrected chi connectivity index (χ2v) is 4.43. The van der Waals surface area contributed by atoms with Gasteiger partial charge in [0.25, 0.3) is 0 Å². The molecular weight excluding hydrogens is 242 g/mol. The Morgan fingerprint density at radius 3 is 2.74 bits per heavy atom. The highest BCUT2D eigenvalue weighted by molar-refractivity contribution is 6.11. The summed E-state index contributed by atoms with van der Waals surface area (Å²) in [7, 11) is 0. The number of aromatic nitrogens is 1. The minimum Gasteiger partial charge on any atom is -0.493 e. The summed E-state index contributed by atoms with van der Waals surface area (Å²) in [4.78, 5) is 2.80. The Kier molecular flexibility index (Phi) is 1.79. The first kappa shape index (κ1) is 10.1. The quantitative estimate of drug-likeness (QED) is 0.437. The predicted octanol–water partition coefficient (Wildman–Crippen LogP) is 4.44. The van der Waals surface area contributed by atoms with E-state index in [9.17, 15) is 5.11 Å². The van der Waals surface area contributed by atoms with Crippen LogP contribution in [0.2, 0.25) is 0 Å². The summed E-state index contributed by atoms with van der Waals surface area (Å²) in [5.74, 6) is -0.0954. The molecule has 2 aromatic carbocycles.